The van der Waals surface area contributed by atoms with Gasteiger partial charge in [0.05, 0.1) is 5.56 Å². The lowest BCUT2D eigenvalue weighted by Gasteiger charge is -2.05. The molecule has 0 unspecified atom stereocenters. The molecule has 8 nitrogen and oxygen atoms in total. The number of hydrogen-bond donors (Lipinski definition) is 2. The first-order valence-corrected chi connectivity index (χ1v) is 6.84. The minimum absolute atomic E-state index is 0.0103. The van der Waals surface area contributed by atoms with Crippen molar-refractivity contribution in [3.8, 4) is 18.2 Å². The van der Waals surface area contributed by atoms with Gasteiger partial charge in [0.2, 0.25) is 0 Å². The highest BCUT2D eigenvalue weighted by atomic mass is 32.2. The highest BCUT2D eigenvalue weighted by molar-refractivity contribution is 7.90. The molecule has 0 saturated heterocycles. The molecule has 2 N–H and O–H groups in total. The SMILES string of the molecule is N#CC(C#N)=C(C#N)Nc1ccc2c(c1)S(=O)(=O)NC2=O. The predicted molar refractivity (Wildman–Crippen MR) is 68.6 cm³/mol. The molecule has 0 saturated carbocycles. The van der Waals surface area contributed by atoms with E-state index in [-0.39, 0.29) is 21.8 Å². The molecule has 2 rings (SSSR count). The quantitative estimate of drug-likeness (QED) is 0.749. The summed E-state index contributed by atoms with van der Waals surface area (Å²) in [6.07, 6.45) is 0. The maximum absolute atomic E-state index is 11.7. The second-order valence-electron chi connectivity index (χ2n) is 3.86. The van der Waals surface area contributed by atoms with Gasteiger partial charge in [-0.3, -0.25) is 4.79 Å². The average Bonchev–Trinajstić information content (AvgIpc) is 2.68. The average molecular weight is 299 g/mol. The molecule has 0 spiro atoms. The van der Waals surface area contributed by atoms with Gasteiger partial charge in [0.1, 0.15) is 28.8 Å². The van der Waals surface area contributed by atoms with Gasteiger partial charge in [-0.1, -0.05) is 0 Å². The third-order valence-corrected chi connectivity index (χ3v) is 3.97. The van der Waals surface area contributed by atoms with Gasteiger partial charge in [-0.2, -0.15) is 15.8 Å². The van der Waals surface area contributed by atoms with Gasteiger partial charge in [0, 0.05) is 5.69 Å². The highest BCUT2D eigenvalue weighted by Gasteiger charge is 2.32. The molecule has 1 aromatic carbocycles. The van der Waals surface area contributed by atoms with E-state index in [1.807, 2.05) is 4.72 Å². The summed E-state index contributed by atoms with van der Waals surface area (Å²) in [5, 5.41) is 28.8. The molecule has 0 atom stereocenters. The summed E-state index contributed by atoms with van der Waals surface area (Å²) >= 11 is 0. The van der Waals surface area contributed by atoms with Crippen molar-refractivity contribution in [2.24, 2.45) is 0 Å². The van der Waals surface area contributed by atoms with Gasteiger partial charge in [0.25, 0.3) is 15.9 Å². The number of carbonyl (C=O) groups is 1. The van der Waals surface area contributed by atoms with Crippen LogP contribution in [0.3, 0.4) is 0 Å². The van der Waals surface area contributed by atoms with Crippen molar-refractivity contribution in [3.63, 3.8) is 0 Å². The number of amides is 1. The summed E-state index contributed by atoms with van der Waals surface area (Å²) in [6.45, 7) is 0. The monoisotopic (exact) mass is 299 g/mol. The molecular weight excluding hydrogens is 294 g/mol. The van der Waals surface area contributed by atoms with Crippen molar-refractivity contribution in [1.82, 2.24) is 4.72 Å². The zero-order valence-corrected chi connectivity index (χ0v) is 11.0. The van der Waals surface area contributed by atoms with Crippen LogP contribution in [-0.2, 0) is 10.0 Å². The number of rotatable bonds is 2. The lowest BCUT2D eigenvalue weighted by Crippen LogP contribution is -2.20. The van der Waals surface area contributed by atoms with Crippen LogP contribution >= 0.6 is 0 Å². The minimum Gasteiger partial charge on any atom is -0.345 e. The largest absolute Gasteiger partial charge is 0.345 e. The van der Waals surface area contributed by atoms with E-state index in [0.29, 0.717) is 0 Å². The summed E-state index contributed by atoms with van der Waals surface area (Å²) in [7, 11) is -3.92. The Labute approximate surface area is 119 Å². The third-order valence-electron chi connectivity index (χ3n) is 2.60. The Morgan fingerprint density at radius 3 is 2.38 bits per heavy atom. The maximum Gasteiger partial charge on any atom is 0.266 e. The topological polar surface area (TPSA) is 147 Å². The molecule has 1 aliphatic rings. The summed E-state index contributed by atoms with van der Waals surface area (Å²) in [4.78, 5) is 11.2. The molecule has 1 aliphatic heterocycles. The van der Waals surface area contributed by atoms with Crippen LogP contribution in [0.2, 0.25) is 0 Å². The zero-order valence-electron chi connectivity index (χ0n) is 10.2. The van der Waals surface area contributed by atoms with E-state index in [9.17, 15) is 13.2 Å². The van der Waals surface area contributed by atoms with Gasteiger partial charge in [-0.05, 0) is 18.2 Å². The number of nitrogens with one attached hydrogen (secondary N) is 2. The Morgan fingerprint density at radius 2 is 1.81 bits per heavy atom. The lowest BCUT2D eigenvalue weighted by atomic mass is 10.2. The molecule has 0 radical (unpaired) electrons. The Morgan fingerprint density at radius 1 is 1.14 bits per heavy atom. The summed E-state index contributed by atoms with van der Waals surface area (Å²) in [5.74, 6) is -0.734. The van der Waals surface area contributed by atoms with Gasteiger partial charge >= 0.3 is 0 Å². The molecule has 102 valence electrons. The van der Waals surface area contributed by atoms with Crippen molar-refractivity contribution < 1.29 is 13.2 Å². The van der Waals surface area contributed by atoms with Crippen LogP contribution in [0.5, 0.6) is 0 Å². The van der Waals surface area contributed by atoms with E-state index in [0.717, 1.165) is 6.07 Å². The molecule has 9 heteroatoms. The van der Waals surface area contributed by atoms with Crippen molar-refractivity contribution in [1.29, 1.82) is 15.8 Å². The van der Waals surface area contributed by atoms with Gasteiger partial charge in [-0.15, -0.1) is 0 Å². The lowest BCUT2D eigenvalue weighted by molar-refractivity contribution is 0.0985. The van der Waals surface area contributed by atoms with Crippen LogP contribution in [-0.4, -0.2) is 14.3 Å². The Hall–Kier alpha value is -3.35. The van der Waals surface area contributed by atoms with Crippen LogP contribution in [0.1, 0.15) is 10.4 Å². The Kier molecular flexibility index (Phi) is 3.33. The Bertz CT molecular complexity index is 894. The van der Waals surface area contributed by atoms with E-state index < -0.39 is 21.5 Å². The number of fused-ring (bicyclic) bond motifs is 1. The van der Waals surface area contributed by atoms with Crippen LogP contribution in [0, 0.1) is 34.0 Å². The van der Waals surface area contributed by atoms with E-state index in [4.69, 9.17) is 15.8 Å². The first-order valence-electron chi connectivity index (χ1n) is 5.35. The van der Waals surface area contributed by atoms with E-state index in [2.05, 4.69) is 5.32 Å². The molecule has 21 heavy (non-hydrogen) atoms. The normalized spacial score (nSPS) is 13.9. The third kappa shape index (κ3) is 2.39. The van der Waals surface area contributed by atoms with Crippen LogP contribution in [0.4, 0.5) is 5.69 Å². The first kappa shape index (κ1) is 14.1. The number of allylic oxidation sites excluding steroid dienone is 2. The number of nitriles is 3. The number of sulfonamides is 1. The minimum atomic E-state index is -3.92. The first-order chi connectivity index (χ1) is 9.92. The number of carbonyl (C=O) groups excluding carboxylic acids is 1. The second-order valence-corrected chi connectivity index (χ2v) is 5.51. The fraction of sp³-hybridized carbons (Fsp3) is 0. The number of anilines is 1. The van der Waals surface area contributed by atoms with Crippen molar-refractivity contribution in [2.45, 2.75) is 4.90 Å². The van der Waals surface area contributed by atoms with Crippen LogP contribution in [0.25, 0.3) is 0 Å². The van der Waals surface area contributed by atoms with E-state index in [1.165, 1.54) is 12.1 Å². The summed E-state index contributed by atoms with van der Waals surface area (Å²) in [6, 6.07) is 8.51. The molecule has 0 fully saturated rings. The molecule has 0 bridgehead atoms. The van der Waals surface area contributed by atoms with Gasteiger partial charge < -0.3 is 5.32 Å². The Balaban J connectivity index is 2.50. The smallest absolute Gasteiger partial charge is 0.266 e. The van der Waals surface area contributed by atoms with E-state index >= 15 is 0 Å². The van der Waals surface area contributed by atoms with Gasteiger partial charge in [-0.25, -0.2) is 13.1 Å². The number of benzene rings is 1. The standard InChI is InChI=1S/C12H5N5O3S/c13-4-7(5-14)10(6-15)16-8-1-2-9-11(3-8)21(19,20)17-12(9)18/h1-3,16H,(H,17,18). The number of hydrogen-bond acceptors (Lipinski definition) is 7. The van der Waals surface area contributed by atoms with Crippen LogP contribution in [0.15, 0.2) is 34.4 Å². The molecule has 0 aliphatic carbocycles. The molecule has 1 heterocycles. The van der Waals surface area contributed by atoms with Gasteiger partial charge in [0.15, 0.2) is 5.57 Å². The van der Waals surface area contributed by atoms with Crippen molar-refractivity contribution in [3.05, 3.63) is 35.0 Å². The molecule has 0 aromatic heterocycles. The molecular formula is C12H5N5O3S. The molecule has 1 amide bonds. The fourth-order valence-electron chi connectivity index (χ4n) is 1.67. The van der Waals surface area contributed by atoms with Crippen LogP contribution < -0.4 is 10.0 Å². The van der Waals surface area contributed by atoms with E-state index in [1.54, 1.807) is 18.2 Å². The zero-order chi connectivity index (χ0) is 15.6. The fourth-order valence-corrected chi connectivity index (χ4v) is 2.87. The second kappa shape index (κ2) is 4.97. The predicted octanol–water partition coefficient (Wildman–Crippen LogP) is 0.355. The van der Waals surface area contributed by atoms with Crippen molar-refractivity contribution in [2.75, 3.05) is 5.32 Å². The summed E-state index contributed by atoms with van der Waals surface area (Å²) in [5.41, 5.74) is -0.595. The van der Waals surface area contributed by atoms with Crippen molar-refractivity contribution >= 4 is 21.6 Å². The summed E-state index contributed by atoms with van der Waals surface area (Å²) < 4.78 is 25.2. The number of nitrogens with zero attached hydrogens (tertiary/aromatic N) is 3. The highest BCUT2D eigenvalue weighted by Crippen LogP contribution is 2.26. The molecule has 1 aromatic rings. The maximum atomic E-state index is 11.7.